The standard InChI is InChI=1S/C25H20ClN5O2/c1-14-7-9-16(26)13-18(14)23-21(24(27)32)17(10-8-15-5-3-4-6-20(15)33-2)22(31-23)19-11-12-29-25(28)30-19/h3-7,9,11-13,31H,1-2H3,(H2,27,32)(H2,28,29,30). The summed E-state index contributed by atoms with van der Waals surface area (Å²) in [6.07, 6.45) is 1.53. The van der Waals surface area contributed by atoms with Crippen LogP contribution in [0.25, 0.3) is 22.6 Å². The number of aryl methyl sites for hydroxylation is 1. The van der Waals surface area contributed by atoms with Gasteiger partial charge in [-0.05, 0) is 42.8 Å². The van der Waals surface area contributed by atoms with Crippen molar-refractivity contribution in [3.8, 4) is 40.2 Å². The molecule has 33 heavy (non-hydrogen) atoms. The lowest BCUT2D eigenvalue weighted by Crippen LogP contribution is -2.13. The Morgan fingerprint density at radius 2 is 1.91 bits per heavy atom. The van der Waals surface area contributed by atoms with E-state index in [0.29, 0.717) is 39.0 Å². The van der Waals surface area contributed by atoms with Gasteiger partial charge in [-0.2, -0.15) is 0 Å². The van der Waals surface area contributed by atoms with Crippen LogP contribution in [-0.2, 0) is 0 Å². The van der Waals surface area contributed by atoms with Gasteiger partial charge in [0.15, 0.2) is 0 Å². The summed E-state index contributed by atoms with van der Waals surface area (Å²) >= 11 is 6.25. The maximum Gasteiger partial charge on any atom is 0.252 e. The van der Waals surface area contributed by atoms with Gasteiger partial charge in [0.05, 0.1) is 40.9 Å². The molecule has 2 aromatic heterocycles. The third-order valence-electron chi connectivity index (χ3n) is 5.07. The van der Waals surface area contributed by atoms with Gasteiger partial charge < -0.3 is 21.2 Å². The fraction of sp³-hybridized carbons (Fsp3) is 0.0800. The zero-order valence-electron chi connectivity index (χ0n) is 17.9. The predicted octanol–water partition coefficient (Wildman–Crippen LogP) is 4.19. The number of para-hydroxylation sites is 1. The van der Waals surface area contributed by atoms with Crippen molar-refractivity contribution in [3.05, 3.63) is 82.0 Å². The Labute approximate surface area is 195 Å². The minimum absolute atomic E-state index is 0.0897. The van der Waals surface area contributed by atoms with E-state index in [1.807, 2.05) is 37.3 Å². The molecule has 8 heteroatoms. The second-order valence-corrected chi connectivity index (χ2v) is 7.64. The van der Waals surface area contributed by atoms with Crippen molar-refractivity contribution in [1.82, 2.24) is 15.0 Å². The molecule has 0 unspecified atom stereocenters. The Morgan fingerprint density at radius 1 is 1.12 bits per heavy atom. The number of primary amides is 1. The van der Waals surface area contributed by atoms with Gasteiger partial charge in [0.1, 0.15) is 5.75 Å². The molecule has 4 aromatic rings. The number of carbonyl (C=O) groups excluding carboxylic acids is 1. The lowest BCUT2D eigenvalue weighted by atomic mass is 9.99. The molecule has 5 N–H and O–H groups in total. The minimum Gasteiger partial charge on any atom is -0.495 e. The van der Waals surface area contributed by atoms with Crippen molar-refractivity contribution < 1.29 is 9.53 Å². The summed E-state index contributed by atoms with van der Waals surface area (Å²) in [5, 5.41) is 0.523. The quantitative estimate of drug-likeness (QED) is 0.397. The number of H-pyrrole nitrogens is 1. The van der Waals surface area contributed by atoms with Crippen LogP contribution < -0.4 is 16.2 Å². The monoisotopic (exact) mass is 457 g/mol. The maximum atomic E-state index is 12.7. The van der Waals surface area contributed by atoms with E-state index in [0.717, 1.165) is 11.1 Å². The van der Waals surface area contributed by atoms with Crippen LogP contribution in [0.2, 0.25) is 5.02 Å². The average molecular weight is 458 g/mol. The van der Waals surface area contributed by atoms with E-state index in [-0.39, 0.29) is 11.5 Å². The number of nitrogen functional groups attached to an aromatic ring is 1. The molecule has 2 heterocycles. The van der Waals surface area contributed by atoms with Crippen molar-refractivity contribution in [1.29, 1.82) is 0 Å². The van der Waals surface area contributed by atoms with Crippen LogP contribution in [0.5, 0.6) is 5.75 Å². The molecule has 0 saturated heterocycles. The lowest BCUT2D eigenvalue weighted by molar-refractivity contribution is 0.100. The van der Waals surface area contributed by atoms with E-state index in [9.17, 15) is 4.79 Å². The summed E-state index contributed by atoms with van der Waals surface area (Å²) in [6, 6.07) is 14.4. The molecule has 164 valence electrons. The Bertz CT molecular complexity index is 1430. The summed E-state index contributed by atoms with van der Waals surface area (Å²) in [5.41, 5.74) is 16.0. The minimum atomic E-state index is -0.641. The Balaban J connectivity index is 2.03. The topological polar surface area (TPSA) is 120 Å². The summed E-state index contributed by atoms with van der Waals surface area (Å²) in [7, 11) is 1.57. The number of nitrogens with zero attached hydrogens (tertiary/aromatic N) is 2. The number of methoxy groups -OCH3 is 1. The smallest absolute Gasteiger partial charge is 0.252 e. The Morgan fingerprint density at radius 3 is 2.64 bits per heavy atom. The van der Waals surface area contributed by atoms with Gasteiger partial charge in [0.2, 0.25) is 5.95 Å². The van der Waals surface area contributed by atoms with Gasteiger partial charge >= 0.3 is 0 Å². The number of nitrogens with two attached hydrogens (primary N) is 2. The number of halogens is 1. The van der Waals surface area contributed by atoms with Crippen LogP contribution in [0.15, 0.2) is 54.7 Å². The van der Waals surface area contributed by atoms with Gasteiger partial charge in [-0.15, -0.1) is 0 Å². The normalized spacial score (nSPS) is 10.4. The number of hydrogen-bond acceptors (Lipinski definition) is 5. The molecule has 0 saturated carbocycles. The van der Waals surface area contributed by atoms with Crippen LogP contribution in [0, 0.1) is 18.8 Å². The van der Waals surface area contributed by atoms with Crippen molar-refractivity contribution >= 4 is 23.5 Å². The first kappa shape index (κ1) is 21.9. The average Bonchev–Trinajstić information content (AvgIpc) is 3.19. The highest BCUT2D eigenvalue weighted by molar-refractivity contribution is 6.31. The summed E-state index contributed by atoms with van der Waals surface area (Å²) in [6.45, 7) is 1.92. The second-order valence-electron chi connectivity index (χ2n) is 7.20. The maximum absolute atomic E-state index is 12.7. The SMILES string of the molecule is COc1ccccc1C#Cc1c(-c2ccnc(N)n2)[nH]c(-c2cc(Cl)ccc2C)c1C(N)=O. The summed E-state index contributed by atoms with van der Waals surface area (Å²) in [5.74, 6) is 6.25. The molecule has 0 aliphatic rings. The zero-order chi connectivity index (χ0) is 23.5. The van der Waals surface area contributed by atoms with Crippen LogP contribution in [-0.4, -0.2) is 28.0 Å². The van der Waals surface area contributed by atoms with E-state index < -0.39 is 5.91 Å². The van der Waals surface area contributed by atoms with Gasteiger partial charge in [0, 0.05) is 16.8 Å². The molecular weight excluding hydrogens is 438 g/mol. The number of anilines is 1. The second kappa shape index (κ2) is 9.07. The van der Waals surface area contributed by atoms with Crippen LogP contribution in [0.3, 0.4) is 0 Å². The molecule has 2 aromatic carbocycles. The number of rotatable bonds is 4. The number of aromatic nitrogens is 3. The molecule has 0 aliphatic carbocycles. The molecule has 7 nitrogen and oxygen atoms in total. The first-order valence-electron chi connectivity index (χ1n) is 9.95. The summed E-state index contributed by atoms with van der Waals surface area (Å²) in [4.78, 5) is 24.2. The van der Waals surface area contributed by atoms with E-state index in [1.54, 1.807) is 25.3 Å². The molecule has 0 aliphatic heterocycles. The number of hydrogen-bond donors (Lipinski definition) is 3. The fourth-order valence-corrected chi connectivity index (χ4v) is 3.69. The predicted molar refractivity (Wildman–Crippen MR) is 129 cm³/mol. The van der Waals surface area contributed by atoms with Gasteiger partial charge in [-0.1, -0.05) is 41.6 Å². The number of carbonyl (C=O) groups is 1. The van der Waals surface area contributed by atoms with Gasteiger partial charge in [-0.25, -0.2) is 9.97 Å². The van der Waals surface area contributed by atoms with Crippen molar-refractivity contribution in [2.75, 3.05) is 12.8 Å². The molecule has 0 bridgehead atoms. The number of benzene rings is 2. The highest BCUT2D eigenvalue weighted by atomic mass is 35.5. The summed E-state index contributed by atoms with van der Waals surface area (Å²) < 4.78 is 5.39. The van der Waals surface area contributed by atoms with Crippen LogP contribution >= 0.6 is 11.6 Å². The molecule has 0 radical (unpaired) electrons. The van der Waals surface area contributed by atoms with Crippen molar-refractivity contribution in [3.63, 3.8) is 0 Å². The van der Waals surface area contributed by atoms with E-state index in [1.165, 1.54) is 6.20 Å². The number of amides is 1. The highest BCUT2D eigenvalue weighted by Crippen LogP contribution is 2.35. The van der Waals surface area contributed by atoms with Gasteiger partial charge in [-0.3, -0.25) is 4.79 Å². The number of aromatic amines is 1. The van der Waals surface area contributed by atoms with E-state index in [2.05, 4.69) is 26.8 Å². The zero-order valence-corrected chi connectivity index (χ0v) is 18.7. The van der Waals surface area contributed by atoms with Crippen molar-refractivity contribution in [2.24, 2.45) is 5.73 Å². The van der Waals surface area contributed by atoms with Crippen LogP contribution in [0.4, 0.5) is 5.95 Å². The third-order valence-corrected chi connectivity index (χ3v) is 5.31. The number of nitrogens with one attached hydrogen (secondary N) is 1. The Hall–Kier alpha value is -4.28. The number of ether oxygens (including phenoxy) is 1. The molecule has 0 atom stereocenters. The van der Waals surface area contributed by atoms with Gasteiger partial charge in [0.25, 0.3) is 5.91 Å². The lowest BCUT2D eigenvalue weighted by Gasteiger charge is -2.07. The molecule has 0 fully saturated rings. The fourth-order valence-electron chi connectivity index (χ4n) is 3.52. The van der Waals surface area contributed by atoms with Crippen molar-refractivity contribution in [2.45, 2.75) is 6.92 Å². The van der Waals surface area contributed by atoms with Crippen LogP contribution in [0.1, 0.15) is 27.0 Å². The third kappa shape index (κ3) is 4.38. The largest absolute Gasteiger partial charge is 0.495 e. The first-order valence-corrected chi connectivity index (χ1v) is 10.3. The first-order chi connectivity index (χ1) is 15.9. The Kier molecular flexibility index (Phi) is 6.03. The molecule has 4 rings (SSSR count). The highest BCUT2D eigenvalue weighted by Gasteiger charge is 2.24. The molecule has 0 spiro atoms. The van der Waals surface area contributed by atoms with E-state index in [4.69, 9.17) is 27.8 Å². The molecule has 1 amide bonds. The van der Waals surface area contributed by atoms with E-state index >= 15 is 0 Å². The molecular formula is C25H20ClN5O2.